The van der Waals surface area contributed by atoms with Crippen LogP contribution in [0.4, 0.5) is 17.6 Å². The van der Waals surface area contributed by atoms with Crippen LogP contribution < -0.4 is 10.2 Å². The van der Waals surface area contributed by atoms with Crippen LogP contribution in [0.2, 0.25) is 5.28 Å². The van der Waals surface area contributed by atoms with Crippen molar-refractivity contribution in [1.82, 2.24) is 15.0 Å². The van der Waals surface area contributed by atoms with E-state index in [2.05, 4.69) is 20.3 Å². The van der Waals surface area contributed by atoms with Crippen molar-refractivity contribution in [2.24, 2.45) is 0 Å². The fraction of sp³-hybridized carbons (Fsp3) is 0.400. The molecule has 2 rings (SSSR count). The van der Waals surface area contributed by atoms with Crippen LogP contribution in [0, 0.1) is 6.92 Å². The summed E-state index contributed by atoms with van der Waals surface area (Å²) in [7, 11) is -9.07. The maximum absolute atomic E-state index is 11.8. The molecule has 0 aliphatic rings. The number of anilines is 3. The highest BCUT2D eigenvalue weighted by Crippen LogP contribution is 2.47. The summed E-state index contributed by atoms with van der Waals surface area (Å²) in [5.41, 5.74) is -0.0749. The van der Waals surface area contributed by atoms with Crippen LogP contribution in [0.15, 0.2) is 21.9 Å². The van der Waals surface area contributed by atoms with Gasteiger partial charge >= 0.3 is 0 Å². The van der Waals surface area contributed by atoms with Gasteiger partial charge in [0, 0.05) is 13.1 Å². The zero-order chi connectivity index (χ0) is 22.0. The van der Waals surface area contributed by atoms with Gasteiger partial charge in [0.25, 0.3) is 10.1 Å². The summed E-state index contributed by atoms with van der Waals surface area (Å²) in [6.45, 7) is 3.69. The van der Waals surface area contributed by atoms with E-state index in [0.717, 1.165) is 12.1 Å². The zero-order valence-corrected chi connectivity index (χ0v) is 17.7. The molecule has 12 nitrogen and oxygen atoms in total. The molecule has 1 aromatic carbocycles. The van der Waals surface area contributed by atoms with E-state index in [1.165, 1.54) is 6.92 Å². The van der Waals surface area contributed by atoms with Crippen LogP contribution in [0.25, 0.3) is 0 Å². The predicted molar refractivity (Wildman–Crippen MR) is 115 cm³/mol. The predicted octanol–water partition coefficient (Wildman–Crippen LogP) is 2.86. The van der Waals surface area contributed by atoms with E-state index in [9.17, 15) is 26.6 Å². The Labute approximate surface area is 180 Å². The fourth-order valence-corrected chi connectivity index (χ4v) is 4.10. The zero-order valence-electron chi connectivity index (χ0n) is 15.3. The van der Waals surface area contributed by atoms with Crippen LogP contribution in [0.1, 0.15) is 19.9 Å². The number of halogens is 1. The molecule has 0 aliphatic carbocycles. The molecule has 0 amide bonds. The Bertz CT molecular complexity index is 1000. The van der Waals surface area contributed by atoms with Gasteiger partial charge in [0.15, 0.2) is 0 Å². The highest BCUT2D eigenvalue weighted by Gasteiger charge is 2.26. The van der Waals surface area contributed by atoms with Crippen molar-refractivity contribution < 1.29 is 31.7 Å². The molecule has 0 spiro atoms. The van der Waals surface area contributed by atoms with Crippen LogP contribution in [0.5, 0.6) is 0 Å². The Kier molecular flexibility index (Phi) is 8.77. The van der Waals surface area contributed by atoms with Crippen LogP contribution >= 0.6 is 22.5 Å². The molecule has 0 atom stereocenters. The maximum Gasteiger partial charge on any atom is 0.296 e. The summed E-state index contributed by atoms with van der Waals surface area (Å²) in [4.78, 5) is 12.3. The van der Waals surface area contributed by atoms with E-state index in [-0.39, 0.29) is 49.0 Å². The SMILES string of the molecule is C.CCN(CCO)c1nc(Cl)nc(Nc2cc(C)c(S(O)(O)O)cc2S(=O)(=O)O)n1. The fourth-order valence-electron chi connectivity index (χ4n) is 2.45. The van der Waals surface area contributed by atoms with Crippen LogP contribution in [0.3, 0.4) is 0 Å². The summed E-state index contributed by atoms with van der Waals surface area (Å²) in [6, 6.07) is 1.89. The molecule has 0 radical (unpaired) electrons. The number of aliphatic hydroxyl groups is 1. The van der Waals surface area contributed by atoms with Gasteiger partial charge in [-0.1, -0.05) is 7.43 Å². The Balaban J connectivity index is 0.00000450. The van der Waals surface area contributed by atoms with Gasteiger partial charge in [-0.2, -0.15) is 23.4 Å². The third kappa shape index (κ3) is 6.36. The minimum atomic E-state index is -4.83. The first kappa shape index (κ1) is 26.3. The number of nitrogens with zero attached hydrogens (tertiary/aromatic N) is 4. The number of hydrogen-bond donors (Lipinski definition) is 6. The minimum absolute atomic E-state index is 0. The molecular weight excluding hydrogens is 462 g/mol. The number of aromatic nitrogens is 3. The molecule has 15 heteroatoms. The van der Waals surface area contributed by atoms with Crippen LogP contribution in [-0.4, -0.2) is 66.4 Å². The largest absolute Gasteiger partial charge is 0.395 e. The number of nitrogens with one attached hydrogen (secondary N) is 1. The molecule has 0 saturated carbocycles. The monoisotopic (exact) mass is 485 g/mol. The van der Waals surface area contributed by atoms with E-state index >= 15 is 0 Å². The molecule has 30 heavy (non-hydrogen) atoms. The maximum atomic E-state index is 11.8. The summed E-state index contributed by atoms with van der Waals surface area (Å²) >= 11 is 5.91. The van der Waals surface area contributed by atoms with Crippen molar-refractivity contribution in [3.8, 4) is 0 Å². The topological polar surface area (TPSA) is 189 Å². The Morgan fingerprint density at radius 3 is 2.23 bits per heavy atom. The highest BCUT2D eigenvalue weighted by atomic mass is 35.5. The number of hydrogen-bond acceptors (Lipinski definition) is 11. The second kappa shape index (κ2) is 10.0. The average molecular weight is 486 g/mol. The second-order valence-electron chi connectivity index (χ2n) is 5.76. The minimum Gasteiger partial charge on any atom is -0.395 e. The molecule has 0 fully saturated rings. The lowest BCUT2D eigenvalue weighted by atomic mass is 10.2. The van der Waals surface area contributed by atoms with Crippen molar-refractivity contribution in [2.45, 2.75) is 31.1 Å². The van der Waals surface area contributed by atoms with Gasteiger partial charge < -0.3 is 29.0 Å². The molecule has 0 unspecified atom stereocenters. The molecule has 0 bridgehead atoms. The molecule has 0 aliphatic heterocycles. The number of aryl methyl sites for hydroxylation is 1. The lowest BCUT2D eigenvalue weighted by molar-refractivity contribution is 0.301. The van der Waals surface area contributed by atoms with Gasteiger partial charge in [-0.3, -0.25) is 4.55 Å². The van der Waals surface area contributed by atoms with E-state index < -0.39 is 30.8 Å². The molecule has 2 aromatic rings. The average Bonchev–Trinajstić information content (AvgIpc) is 2.56. The molecule has 6 N–H and O–H groups in total. The summed E-state index contributed by atoms with van der Waals surface area (Å²) in [5, 5.41) is 11.5. The molecule has 1 heterocycles. The van der Waals surface area contributed by atoms with E-state index in [0.29, 0.717) is 6.54 Å². The van der Waals surface area contributed by atoms with Gasteiger partial charge in [0.2, 0.25) is 17.2 Å². The van der Waals surface area contributed by atoms with Crippen molar-refractivity contribution in [3.63, 3.8) is 0 Å². The summed E-state index contributed by atoms with van der Waals surface area (Å²) in [5.74, 6) is -0.0422. The van der Waals surface area contributed by atoms with Gasteiger partial charge in [0.05, 0.1) is 17.2 Å². The van der Waals surface area contributed by atoms with E-state index in [1.807, 2.05) is 0 Å². The van der Waals surface area contributed by atoms with Gasteiger partial charge in [-0.05, 0) is 43.1 Å². The number of aliphatic hydroxyl groups excluding tert-OH is 1. The first-order valence-corrected chi connectivity index (χ1v) is 11.4. The smallest absolute Gasteiger partial charge is 0.296 e. The van der Waals surface area contributed by atoms with Gasteiger partial charge in [0.1, 0.15) is 15.8 Å². The Morgan fingerprint density at radius 2 is 1.73 bits per heavy atom. The molecule has 0 saturated heterocycles. The standard InChI is InChI=1S/C14H20ClN5O7S2.CH4/c1-3-20(4-5-21)14-18-12(15)17-13(19-14)16-9-6-8(2)10(28(22,23)24)7-11(9)29(25,26)27;/h6-7,21-24H,3-5H2,1-2H3,(H,25,26,27)(H,16,17,18,19);1H4. The number of likely N-dealkylation sites (N-methyl/N-ethyl adjacent to an activating group) is 1. The van der Waals surface area contributed by atoms with Gasteiger partial charge in [-0.15, -0.1) is 0 Å². The highest BCUT2D eigenvalue weighted by molar-refractivity contribution is 8.19. The van der Waals surface area contributed by atoms with Crippen molar-refractivity contribution in [2.75, 3.05) is 29.9 Å². The lowest BCUT2D eigenvalue weighted by Gasteiger charge is -2.23. The molecule has 170 valence electrons. The molecular formula is C15H24ClN5O7S2. The van der Waals surface area contributed by atoms with E-state index in [4.69, 9.17) is 16.7 Å². The Morgan fingerprint density at radius 1 is 1.10 bits per heavy atom. The number of benzene rings is 1. The Hall–Kier alpha value is -1.78. The first-order valence-electron chi connectivity index (χ1n) is 8.04. The normalized spacial score (nSPS) is 12.3. The lowest BCUT2D eigenvalue weighted by Crippen LogP contribution is -2.28. The quantitative estimate of drug-likeness (QED) is 0.300. The molecule has 1 aromatic heterocycles. The van der Waals surface area contributed by atoms with Crippen molar-refractivity contribution >= 4 is 50.2 Å². The second-order valence-corrected chi connectivity index (χ2v) is 8.97. The number of rotatable bonds is 8. The third-order valence-corrected chi connectivity index (χ3v) is 5.82. The summed E-state index contributed by atoms with van der Waals surface area (Å²) < 4.78 is 61.5. The first-order chi connectivity index (χ1) is 13.4. The van der Waals surface area contributed by atoms with Crippen molar-refractivity contribution in [1.29, 1.82) is 0 Å². The van der Waals surface area contributed by atoms with Crippen molar-refractivity contribution in [3.05, 3.63) is 23.0 Å². The third-order valence-electron chi connectivity index (χ3n) is 3.73. The summed E-state index contributed by atoms with van der Waals surface area (Å²) in [6.07, 6.45) is 0. The van der Waals surface area contributed by atoms with Crippen LogP contribution in [-0.2, 0) is 10.1 Å². The van der Waals surface area contributed by atoms with Gasteiger partial charge in [-0.25, -0.2) is 0 Å². The van der Waals surface area contributed by atoms with E-state index in [1.54, 1.807) is 11.8 Å².